The Labute approximate surface area is 132 Å². The zero-order chi connectivity index (χ0) is 16.2. The molecule has 118 valence electrons. The monoisotopic (exact) mass is 341 g/mol. The molecule has 0 atom stereocenters. The summed E-state index contributed by atoms with van der Waals surface area (Å²) in [6, 6.07) is 6.11. The van der Waals surface area contributed by atoms with Gasteiger partial charge in [-0.1, -0.05) is 17.8 Å². The fourth-order valence-corrected chi connectivity index (χ4v) is 3.07. The highest BCUT2D eigenvalue weighted by Gasteiger charge is 2.17. The molecule has 0 aliphatic heterocycles. The Morgan fingerprint density at radius 3 is 2.82 bits per heavy atom. The van der Waals surface area contributed by atoms with E-state index in [1.165, 1.54) is 44.3 Å². The summed E-state index contributed by atoms with van der Waals surface area (Å²) < 4.78 is 25.2. The number of rotatable bonds is 6. The van der Waals surface area contributed by atoms with Crippen molar-refractivity contribution in [2.75, 3.05) is 25.2 Å². The zero-order valence-electron chi connectivity index (χ0n) is 12.0. The molecule has 22 heavy (non-hydrogen) atoms. The predicted octanol–water partition coefficient (Wildman–Crippen LogP) is 0.786. The van der Waals surface area contributed by atoms with Gasteiger partial charge in [0.1, 0.15) is 6.33 Å². The first-order valence-corrected chi connectivity index (χ1v) is 8.63. The number of carbonyl (C=O) groups is 1. The molecule has 2 N–H and O–H groups in total. The van der Waals surface area contributed by atoms with E-state index in [0.29, 0.717) is 10.8 Å². The van der Waals surface area contributed by atoms with Gasteiger partial charge >= 0.3 is 0 Å². The number of benzene rings is 1. The standard InChI is InChI=1S/C12H15N5O3S2/c1-17(2)22(19,20)10-5-3-4-9(6-10)15-11(18)7-21-12-13-8-14-16-12/h3-6,8H,7H2,1-2H3,(H,15,18)(H,13,14,16). The van der Waals surface area contributed by atoms with Crippen molar-refractivity contribution in [3.63, 3.8) is 0 Å². The maximum atomic E-state index is 12.0. The lowest BCUT2D eigenvalue weighted by atomic mass is 10.3. The number of H-pyrrole nitrogens is 1. The number of nitrogens with one attached hydrogen (secondary N) is 2. The van der Waals surface area contributed by atoms with Crippen LogP contribution in [0.4, 0.5) is 5.69 Å². The summed E-state index contributed by atoms with van der Waals surface area (Å²) in [6.45, 7) is 0. The number of thioether (sulfide) groups is 1. The number of aromatic nitrogens is 3. The van der Waals surface area contributed by atoms with Crippen LogP contribution in [0, 0.1) is 0 Å². The molecule has 0 spiro atoms. The van der Waals surface area contributed by atoms with E-state index in [9.17, 15) is 13.2 Å². The van der Waals surface area contributed by atoms with Gasteiger partial charge in [0, 0.05) is 19.8 Å². The van der Waals surface area contributed by atoms with Crippen molar-refractivity contribution in [2.24, 2.45) is 0 Å². The van der Waals surface area contributed by atoms with E-state index in [-0.39, 0.29) is 16.6 Å². The summed E-state index contributed by atoms with van der Waals surface area (Å²) in [5.74, 6) is -0.124. The fraction of sp³-hybridized carbons (Fsp3) is 0.250. The third-order valence-corrected chi connectivity index (χ3v) is 5.32. The zero-order valence-corrected chi connectivity index (χ0v) is 13.6. The van der Waals surface area contributed by atoms with Crippen LogP contribution in [0.5, 0.6) is 0 Å². The predicted molar refractivity (Wildman–Crippen MR) is 83.1 cm³/mol. The van der Waals surface area contributed by atoms with E-state index in [0.717, 1.165) is 4.31 Å². The number of nitrogens with zero attached hydrogens (tertiary/aromatic N) is 3. The molecule has 2 aromatic rings. The first-order valence-electron chi connectivity index (χ1n) is 6.20. The van der Waals surface area contributed by atoms with Crippen molar-refractivity contribution >= 4 is 33.4 Å². The van der Waals surface area contributed by atoms with E-state index in [1.807, 2.05) is 0 Å². The average Bonchev–Trinajstić information content (AvgIpc) is 2.98. The first-order chi connectivity index (χ1) is 10.4. The van der Waals surface area contributed by atoms with Crippen LogP contribution in [0.25, 0.3) is 0 Å². The molecule has 1 aromatic carbocycles. The van der Waals surface area contributed by atoms with Gasteiger partial charge in [-0.05, 0) is 18.2 Å². The van der Waals surface area contributed by atoms with Crippen LogP contribution in [0.3, 0.4) is 0 Å². The minimum Gasteiger partial charge on any atom is -0.325 e. The lowest BCUT2D eigenvalue weighted by Gasteiger charge is -2.12. The summed E-state index contributed by atoms with van der Waals surface area (Å²) in [5, 5.41) is 9.51. The van der Waals surface area contributed by atoms with E-state index in [2.05, 4.69) is 20.5 Å². The molecule has 1 heterocycles. The first kappa shape index (κ1) is 16.5. The summed E-state index contributed by atoms with van der Waals surface area (Å²) >= 11 is 1.20. The molecule has 10 heteroatoms. The second kappa shape index (κ2) is 6.90. The van der Waals surface area contributed by atoms with Crippen molar-refractivity contribution in [3.8, 4) is 0 Å². The minimum absolute atomic E-state index is 0.123. The number of anilines is 1. The highest BCUT2D eigenvalue weighted by atomic mass is 32.2. The number of hydrogen-bond acceptors (Lipinski definition) is 6. The van der Waals surface area contributed by atoms with Gasteiger partial charge in [-0.25, -0.2) is 17.7 Å². The Morgan fingerprint density at radius 2 is 2.18 bits per heavy atom. The van der Waals surface area contributed by atoms with Crippen molar-refractivity contribution in [2.45, 2.75) is 10.1 Å². The molecule has 0 aliphatic rings. The van der Waals surface area contributed by atoms with Gasteiger partial charge in [0.15, 0.2) is 5.16 Å². The molecule has 1 aromatic heterocycles. The quantitative estimate of drug-likeness (QED) is 0.752. The summed E-state index contributed by atoms with van der Waals surface area (Å²) in [4.78, 5) is 15.9. The third kappa shape index (κ3) is 4.06. The van der Waals surface area contributed by atoms with Crippen molar-refractivity contribution in [3.05, 3.63) is 30.6 Å². The number of aromatic amines is 1. The molecular weight excluding hydrogens is 326 g/mol. The molecule has 0 unspecified atom stereocenters. The van der Waals surface area contributed by atoms with Crippen LogP contribution < -0.4 is 5.32 Å². The molecular formula is C12H15N5O3S2. The Hall–Kier alpha value is -1.91. The Morgan fingerprint density at radius 1 is 1.41 bits per heavy atom. The lowest BCUT2D eigenvalue weighted by molar-refractivity contribution is -0.113. The second-order valence-electron chi connectivity index (χ2n) is 4.44. The summed E-state index contributed by atoms with van der Waals surface area (Å²) in [7, 11) is -0.623. The SMILES string of the molecule is CN(C)S(=O)(=O)c1cccc(NC(=O)CSc2ncn[nH]2)c1. The van der Waals surface area contributed by atoms with Crippen molar-refractivity contribution < 1.29 is 13.2 Å². The lowest BCUT2D eigenvalue weighted by Crippen LogP contribution is -2.22. The molecule has 0 bridgehead atoms. The van der Waals surface area contributed by atoms with Gasteiger partial charge in [-0.3, -0.25) is 9.89 Å². The van der Waals surface area contributed by atoms with Crippen LogP contribution in [0.1, 0.15) is 0 Å². The minimum atomic E-state index is -3.53. The van der Waals surface area contributed by atoms with Gasteiger partial charge in [0.05, 0.1) is 10.6 Å². The van der Waals surface area contributed by atoms with Crippen LogP contribution >= 0.6 is 11.8 Å². The Balaban J connectivity index is 2.02. The summed E-state index contributed by atoms with van der Waals surface area (Å²) in [5.41, 5.74) is 0.422. The van der Waals surface area contributed by atoms with Gasteiger partial charge < -0.3 is 5.32 Å². The van der Waals surface area contributed by atoms with Crippen LogP contribution in [0.2, 0.25) is 0 Å². The van der Waals surface area contributed by atoms with E-state index in [4.69, 9.17) is 0 Å². The van der Waals surface area contributed by atoms with E-state index < -0.39 is 10.0 Å². The average molecular weight is 341 g/mol. The normalized spacial score (nSPS) is 11.6. The highest BCUT2D eigenvalue weighted by molar-refractivity contribution is 7.99. The Bertz CT molecular complexity index is 744. The van der Waals surface area contributed by atoms with Crippen molar-refractivity contribution in [1.82, 2.24) is 19.5 Å². The van der Waals surface area contributed by atoms with Gasteiger partial charge in [-0.2, -0.15) is 5.10 Å². The Kier molecular flexibility index (Phi) is 5.16. The molecule has 8 nitrogen and oxygen atoms in total. The molecule has 0 saturated heterocycles. The highest BCUT2D eigenvalue weighted by Crippen LogP contribution is 2.18. The molecule has 2 rings (SSSR count). The number of carbonyl (C=O) groups excluding carboxylic acids is 1. The molecule has 0 fully saturated rings. The number of hydrogen-bond donors (Lipinski definition) is 2. The molecule has 0 radical (unpaired) electrons. The largest absolute Gasteiger partial charge is 0.325 e. The fourth-order valence-electron chi connectivity index (χ4n) is 1.54. The second-order valence-corrected chi connectivity index (χ2v) is 7.56. The van der Waals surface area contributed by atoms with Gasteiger partial charge in [0.2, 0.25) is 15.9 Å². The number of amides is 1. The smallest absolute Gasteiger partial charge is 0.242 e. The van der Waals surface area contributed by atoms with Crippen LogP contribution in [0.15, 0.2) is 40.6 Å². The number of sulfonamides is 1. The maximum Gasteiger partial charge on any atom is 0.242 e. The van der Waals surface area contributed by atoms with Crippen molar-refractivity contribution in [1.29, 1.82) is 0 Å². The molecule has 0 saturated carbocycles. The summed E-state index contributed by atoms with van der Waals surface area (Å²) in [6.07, 6.45) is 1.36. The maximum absolute atomic E-state index is 12.0. The van der Waals surface area contributed by atoms with Crippen LogP contribution in [-0.4, -0.2) is 53.7 Å². The van der Waals surface area contributed by atoms with Gasteiger partial charge in [-0.15, -0.1) is 0 Å². The topological polar surface area (TPSA) is 108 Å². The van der Waals surface area contributed by atoms with E-state index >= 15 is 0 Å². The molecule has 1 amide bonds. The van der Waals surface area contributed by atoms with Gasteiger partial charge in [0.25, 0.3) is 0 Å². The third-order valence-electron chi connectivity index (χ3n) is 2.63. The molecule has 0 aliphatic carbocycles. The van der Waals surface area contributed by atoms with Crippen LogP contribution in [-0.2, 0) is 14.8 Å². The van der Waals surface area contributed by atoms with E-state index in [1.54, 1.807) is 12.1 Å².